The minimum absolute atomic E-state index is 0.141. The van der Waals surface area contributed by atoms with Crippen molar-refractivity contribution < 1.29 is 8.42 Å². The third-order valence-electron chi connectivity index (χ3n) is 3.69. The van der Waals surface area contributed by atoms with Gasteiger partial charge in [0.2, 0.25) is 10.0 Å². The van der Waals surface area contributed by atoms with E-state index < -0.39 is 10.0 Å². The lowest BCUT2D eigenvalue weighted by Gasteiger charge is -2.23. The van der Waals surface area contributed by atoms with Crippen molar-refractivity contribution in [2.45, 2.75) is 51.6 Å². The Balaban J connectivity index is 1.83. The van der Waals surface area contributed by atoms with Gasteiger partial charge in [-0.1, -0.05) is 6.42 Å². The molecule has 0 radical (unpaired) electrons. The van der Waals surface area contributed by atoms with Gasteiger partial charge in [0, 0.05) is 15.8 Å². The second kappa shape index (κ2) is 7.02. The van der Waals surface area contributed by atoms with Crippen LogP contribution in [-0.2, 0) is 10.0 Å². The lowest BCUT2D eigenvalue weighted by Crippen LogP contribution is -2.37. The largest absolute Gasteiger partial charge is 0.314 e. The summed E-state index contributed by atoms with van der Waals surface area (Å²) in [5.41, 5.74) is 0. The predicted molar refractivity (Wildman–Crippen MR) is 84.7 cm³/mol. The second-order valence-corrected chi connectivity index (χ2v) is 8.74. The van der Waals surface area contributed by atoms with Crippen molar-refractivity contribution >= 4 is 21.4 Å². The van der Waals surface area contributed by atoms with Gasteiger partial charge in [-0.25, -0.2) is 13.1 Å². The summed E-state index contributed by atoms with van der Waals surface area (Å²) < 4.78 is 27.0. The smallest absolute Gasteiger partial charge is 0.212 e. The van der Waals surface area contributed by atoms with Crippen LogP contribution >= 0.6 is 11.3 Å². The average Bonchev–Trinajstić information content (AvgIpc) is 2.84. The molecule has 1 aliphatic heterocycles. The minimum atomic E-state index is -3.20. The van der Waals surface area contributed by atoms with Gasteiger partial charge in [-0.15, -0.1) is 11.3 Å². The molecule has 0 saturated carbocycles. The van der Waals surface area contributed by atoms with E-state index >= 15 is 0 Å². The number of thiophene rings is 1. The van der Waals surface area contributed by atoms with Crippen molar-refractivity contribution in [1.29, 1.82) is 0 Å². The zero-order chi connectivity index (χ0) is 14.6. The molecule has 20 heavy (non-hydrogen) atoms. The van der Waals surface area contributed by atoms with Crippen molar-refractivity contribution in [3.63, 3.8) is 0 Å². The van der Waals surface area contributed by atoms with E-state index in [1.807, 2.05) is 26.0 Å². The maximum atomic E-state index is 12.1. The molecule has 1 aromatic rings. The number of aryl methyl sites for hydroxylation is 1. The topological polar surface area (TPSA) is 58.2 Å². The van der Waals surface area contributed by atoms with E-state index in [4.69, 9.17) is 0 Å². The normalized spacial score (nSPS) is 21.8. The van der Waals surface area contributed by atoms with E-state index in [0.29, 0.717) is 12.5 Å². The Kier molecular flexibility index (Phi) is 5.60. The molecule has 2 unspecified atom stereocenters. The standard InChI is InChI=1S/C14H24N2O2S2/c1-11-6-7-14(19-11)12(2)16-20(17,18)10-8-13-5-3-4-9-15-13/h6-7,12-13,15-16H,3-5,8-10H2,1-2H3. The molecular formula is C14H24N2O2S2. The number of sulfonamides is 1. The quantitative estimate of drug-likeness (QED) is 0.848. The molecule has 2 N–H and O–H groups in total. The van der Waals surface area contributed by atoms with Gasteiger partial charge in [0.05, 0.1) is 11.8 Å². The molecule has 2 heterocycles. The zero-order valence-corrected chi connectivity index (χ0v) is 13.8. The Hall–Kier alpha value is -0.430. The highest BCUT2D eigenvalue weighted by Crippen LogP contribution is 2.23. The summed E-state index contributed by atoms with van der Waals surface area (Å²) in [5.74, 6) is 0.208. The van der Waals surface area contributed by atoms with Crippen molar-refractivity contribution in [3.8, 4) is 0 Å². The molecule has 0 spiro atoms. The fourth-order valence-corrected chi connectivity index (χ4v) is 4.87. The Morgan fingerprint density at radius 2 is 2.25 bits per heavy atom. The molecule has 0 aromatic carbocycles. The summed E-state index contributed by atoms with van der Waals surface area (Å²) in [6.07, 6.45) is 4.20. The molecule has 1 aliphatic rings. The van der Waals surface area contributed by atoms with Gasteiger partial charge < -0.3 is 5.32 Å². The molecule has 0 bridgehead atoms. The average molecular weight is 316 g/mol. The van der Waals surface area contributed by atoms with Crippen molar-refractivity contribution in [1.82, 2.24) is 10.0 Å². The van der Waals surface area contributed by atoms with E-state index in [0.717, 1.165) is 17.8 Å². The SMILES string of the molecule is Cc1ccc(C(C)NS(=O)(=O)CCC2CCCCN2)s1. The fraction of sp³-hybridized carbons (Fsp3) is 0.714. The fourth-order valence-electron chi connectivity index (χ4n) is 2.54. The number of hydrogen-bond donors (Lipinski definition) is 2. The van der Waals surface area contributed by atoms with Gasteiger partial charge in [-0.2, -0.15) is 0 Å². The molecule has 114 valence electrons. The van der Waals surface area contributed by atoms with Gasteiger partial charge in [0.15, 0.2) is 0 Å². The Bertz CT molecular complexity index is 519. The second-order valence-electron chi connectivity index (χ2n) is 5.54. The van der Waals surface area contributed by atoms with Crippen LogP contribution < -0.4 is 10.0 Å². The van der Waals surface area contributed by atoms with E-state index in [1.165, 1.54) is 17.7 Å². The van der Waals surface area contributed by atoms with Gasteiger partial charge in [0.1, 0.15) is 0 Å². The van der Waals surface area contributed by atoms with Crippen LogP contribution in [0.1, 0.15) is 48.4 Å². The minimum Gasteiger partial charge on any atom is -0.314 e. The van der Waals surface area contributed by atoms with E-state index in [9.17, 15) is 8.42 Å². The van der Waals surface area contributed by atoms with Crippen molar-refractivity contribution in [2.75, 3.05) is 12.3 Å². The Morgan fingerprint density at radius 1 is 1.45 bits per heavy atom. The highest BCUT2D eigenvalue weighted by Gasteiger charge is 2.20. The first kappa shape index (κ1) is 15.9. The van der Waals surface area contributed by atoms with Crippen molar-refractivity contribution in [2.24, 2.45) is 0 Å². The van der Waals surface area contributed by atoms with Gasteiger partial charge in [0.25, 0.3) is 0 Å². The monoisotopic (exact) mass is 316 g/mol. The summed E-state index contributed by atoms with van der Waals surface area (Å²) in [4.78, 5) is 2.28. The summed E-state index contributed by atoms with van der Waals surface area (Å²) in [5, 5.41) is 3.39. The first-order valence-electron chi connectivity index (χ1n) is 7.26. The molecule has 1 aromatic heterocycles. The van der Waals surface area contributed by atoms with Gasteiger partial charge >= 0.3 is 0 Å². The number of piperidine rings is 1. The lowest BCUT2D eigenvalue weighted by atomic mass is 10.0. The molecule has 1 fully saturated rings. The number of rotatable bonds is 6. The summed E-state index contributed by atoms with van der Waals surface area (Å²) in [6.45, 7) is 4.95. The van der Waals surface area contributed by atoms with Crippen LogP contribution in [0.3, 0.4) is 0 Å². The first-order valence-corrected chi connectivity index (χ1v) is 9.73. The molecule has 2 rings (SSSR count). The highest BCUT2D eigenvalue weighted by molar-refractivity contribution is 7.89. The van der Waals surface area contributed by atoms with Crippen LogP contribution in [0.25, 0.3) is 0 Å². The molecule has 6 heteroatoms. The molecule has 2 atom stereocenters. The lowest BCUT2D eigenvalue weighted by molar-refractivity contribution is 0.392. The number of hydrogen-bond acceptors (Lipinski definition) is 4. The molecular weight excluding hydrogens is 292 g/mol. The summed E-state index contributed by atoms with van der Waals surface area (Å²) in [7, 11) is -3.20. The van der Waals surface area contributed by atoms with Crippen LogP contribution in [-0.4, -0.2) is 26.8 Å². The molecule has 0 aliphatic carbocycles. The van der Waals surface area contributed by atoms with E-state index in [1.54, 1.807) is 11.3 Å². The van der Waals surface area contributed by atoms with Crippen LogP contribution in [0.4, 0.5) is 0 Å². The Labute approximate surface area is 126 Å². The molecule has 4 nitrogen and oxygen atoms in total. The maximum Gasteiger partial charge on any atom is 0.212 e. The van der Waals surface area contributed by atoms with Crippen LogP contribution in [0.5, 0.6) is 0 Å². The van der Waals surface area contributed by atoms with Crippen LogP contribution in [0.15, 0.2) is 12.1 Å². The molecule has 0 amide bonds. The van der Waals surface area contributed by atoms with Gasteiger partial charge in [-0.3, -0.25) is 0 Å². The summed E-state index contributed by atoms with van der Waals surface area (Å²) in [6, 6.07) is 4.24. The molecule has 1 saturated heterocycles. The predicted octanol–water partition coefficient (Wildman–Crippen LogP) is 2.57. The highest BCUT2D eigenvalue weighted by atomic mass is 32.2. The van der Waals surface area contributed by atoms with E-state index in [2.05, 4.69) is 10.0 Å². The van der Waals surface area contributed by atoms with Crippen LogP contribution in [0.2, 0.25) is 0 Å². The first-order chi connectivity index (χ1) is 9.46. The maximum absolute atomic E-state index is 12.1. The summed E-state index contributed by atoms with van der Waals surface area (Å²) >= 11 is 1.64. The zero-order valence-electron chi connectivity index (χ0n) is 12.2. The van der Waals surface area contributed by atoms with Gasteiger partial charge in [-0.05, 0) is 51.8 Å². The van der Waals surface area contributed by atoms with Crippen molar-refractivity contribution in [3.05, 3.63) is 21.9 Å². The third-order valence-corrected chi connectivity index (χ3v) is 6.36. The Morgan fingerprint density at radius 3 is 2.85 bits per heavy atom. The number of nitrogens with one attached hydrogen (secondary N) is 2. The third kappa shape index (κ3) is 4.84. The van der Waals surface area contributed by atoms with Crippen LogP contribution in [0, 0.1) is 6.92 Å². The van der Waals surface area contributed by atoms with E-state index in [-0.39, 0.29) is 11.8 Å².